The molecule has 1 amide bonds. The van der Waals surface area contributed by atoms with Gasteiger partial charge in [0.25, 0.3) is 5.91 Å². The average molecular weight is 377 g/mol. The first-order valence-corrected chi connectivity index (χ1v) is 9.04. The van der Waals surface area contributed by atoms with Crippen molar-refractivity contribution in [2.45, 2.75) is 0 Å². The zero-order valence-electron chi connectivity index (χ0n) is 14.4. The van der Waals surface area contributed by atoms with Crippen LogP contribution in [0.2, 0.25) is 0 Å². The fourth-order valence-corrected chi connectivity index (χ4v) is 3.92. The van der Waals surface area contributed by atoms with E-state index in [9.17, 15) is 9.59 Å². The highest BCUT2D eigenvalue weighted by Crippen LogP contribution is 2.34. The van der Waals surface area contributed by atoms with Crippen LogP contribution in [0.15, 0.2) is 76.1 Å². The van der Waals surface area contributed by atoms with Crippen LogP contribution in [0.4, 0.5) is 5.00 Å². The smallest absolute Gasteiger partial charge is 0.291 e. The quantitative estimate of drug-likeness (QED) is 0.556. The van der Waals surface area contributed by atoms with Crippen LogP contribution in [0, 0.1) is 0 Å². The molecular formula is C21H15NO4S. The predicted molar refractivity (Wildman–Crippen MR) is 107 cm³/mol. The van der Waals surface area contributed by atoms with E-state index in [1.807, 2.05) is 18.2 Å². The van der Waals surface area contributed by atoms with E-state index in [-0.39, 0.29) is 11.2 Å². The Morgan fingerprint density at radius 2 is 1.81 bits per heavy atom. The Labute approximate surface area is 158 Å². The Hall–Kier alpha value is -3.38. The molecule has 0 unspecified atom stereocenters. The molecule has 0 saturated heterocycles. The van der Waals surface area contributed by atoms with Gasteiger partial charge in [0.2, 0.25) is 0 Å². The molecule has 0 aliphatic rings. The van der Waals surface area contributed by atoms with E-state index in [0.29, 0.717) is 27.3 Å². The van der Waals surface area contributed by atoms with Crippen LogP contribution in [0.5, 0.6) is 5.75 Å². The third-order valence-electron chi connectivity index (χ3n) is 4.15. The first-order valence-electron chi connectivity index (χ1n) is 8.22. The highest BCUT2D eigenvalue weighted by molar-refractivity contribution is 7.22. The minimum Gasteiger partial charge on any atom is -0.497 e. The summed E-state index contributed by atoms with van der Waals surface area (Å²) in [6.07, 6.45) is 1.43. The van der Waals surface area contributed by atoms with Gasteiger partial charge in [0, 0.05) is 10.1 Å². The lowest BCUT2D eigenvalue weighted by molar-refractivity contribution is 0.0997. The summed E-state index contributed by atoms with van der Waals surface area (Å²) >= 11 is 1.35. The molecule has 4 aromatic rings. The number of furan rings is 1. The number of benzene rings is 2. The van der Waals surface area contributed by atoms with Gasteiger partial charge in [-0.25, -0.2) is 0 Å². The molecule has 0 saturated carbocycles. The Morgan fingerprint density at radius 1 is 1.04 bits per heavy atom. The molecule has 1 N–H and O–H groups in total. The Kier molecular flexibility index (Phi) is 4.48. The Balaban J connectivity index is 1.89. The molecule has 27 heavy (non-hydrogen) atoms. The maximum atomic E-state index is 13.2. The van der Waals surface area contributed by atoms with Gasteiger partial charge in [-0.05, 0) is 42.0 Å². The molecule has 0 aliphatic carbocycles. The van der Waals surface area contributed by atoms with Crippen molar-refractivity contribution in [1.29, 1.82) is 0 Å². The van der Waals surface area contributed by atoms with Crippen LogP contribution in [0.3, 0.4) is 0 Å². The van der Waals surface area contributed by atoms with Crippen molar-refractivity contribution < 1.29 is 13.9 Å². The number of ether oxygens (including phenoxy) is 1. The Morgan fingerprint density at radius 3 is 2.52 bits per heavy atom. The predicted octanol–water partition coefficient (Wildman–Crippen LogP) is 4.78. The van der Waals surface area contributed by atoms with E-state index >= 15 is 0 Å². The first kappa shape index (κ1) is 17.1. The standard InChI is InChI=1S/C21H15NO4S/c1-25-14-10-8-13(9-11-14)18-19(23)15-5-2-3-7-17(15)27-21(18)22-20(24)16-6-4-12-26-16/h2-12H,1H3,(H,22,24). The fourth-order valence-electron chi connectivity index (χ4n) is 2.82. The zero-order chi connectivity index (χ0) is 18.8. The van der Waals surface area contributed by atoms with Gasteiger partial charge in [-0.15, -0.1) is 11.3 Å². The lowest BCUT2D eigenvalue weighted by atomic mass is 10.1. The molecule has 2 heterocycles. The molecule has 0 bridgehead atoms. The number of anilines is 1. The molecule has 6 heteroatoms. The van der Waals surface area contributed by atoms with Gasteiger partial charge in [0.1, 0.15) is 10.8 Å². The van der Waals surface area contributed by atoms with Crippen LogP contribution in [-0.2, 0) is 0 Å². The van der Waals surface area contributed by atoms with Crippen LogP contribution >= 0.6 is 11.3 Å². The minimum atomic E-state index is -0.402. The van der Waals surface area contributed by atoms with Crippen LogP contribution in [0.25, 0.3) is 21.2 Å². The van der Waals surface area contributed by atoms with Crippen molar-refractivity contribution in [3.63, 3.8) is 0 Å². The minimum absolute atomic E-state index is 0.135. The topological polar surface area (TPSA) is 68.5 Å². The summed E-state index contributed by atoms with van der Waals surface area (Å²) in [5.74, 6) is 0.473. The van der Waals surface area contributed by atoms with Gasteiger partial charge >= 0.3 is 0 Å². The summed E-state index contributed by atoms with van der Waals surface area (Å²) < 4.78 is 11.2. The lowest BCUT2D eigenvalue weighted by Crippen LogP contribution is -2.15. The SMILES string of the molecule is COc1ccc(-c2c(NC(=O)c3ccco3)sc3ccccc3c2=O)cc1. The second kappa shape index (κ2) is 7.09. The van der Waals surface area contributed by atoms with Gasteiger partial charge in [0.05, 0.1) is 18.9 Å². The number of fused-ring (bicyclic) bond motifs is 1. The number of carbonyl (C=O) groups excluding carboxylic acids is 1. The summed E-state index contributed by atoms with van der Waals surface area (Å²) in [6, 6.07) is 17.7. The van der Waals surface area contributed by atoms with Gasteiger partial charge < -0.3 is 14.5 Å². The van der Waals surface area contributed by atoms with Gasteiger partial charge in [-0.3, -0.25) is 9.59 Å². The van der Waals surface area contributed by atoms with Gasteiger partial charge in [-0.2, -0.15) is 0 Å². The van der Waals surface area contributed by atoms with Crippen LogP contribution < -0.4 is 15.5 Å². The lowest BCUT2D eigenvalue weighted by Gasteiger charge is -2.11. The van der Waals surface area contributed by atoms with Gasteiger partial charge in [0.15, 0.2) is 11.2 Å². The highest BCUT2D eigenvalue weighted by Gasteiger charge is 2.18. The fraction of sp³-hybridized carbons (Fsp3) is 0.0476. The summed E-state index contributed by atoms with van der Waals surface area (Å²) in [4.78, 5) is 25.7. The average Bonchev–Trinajstić information content (AvgIpc) is 3.23. The summed E-state index contributed by atoms with van der Waals surface area (Å²) in [5, 5.41) is 3.92. The van der Waals surface area contributed by atoms with E-state index < -0.39 is 5.91 Å². The summed E-state index contributed by atoms with van der Waals surface area (Å²) in [5.41, 5.74) is 1.02. The third kappa shape index (κ3) is 3.22. The number of carbonyl (C=O) groups is 1. The highest BCUT2D eigenvalue weighted by atomic mass is 32.1. The number of hydrogen-bond acceptors (Lipinski definition) is 5. The van der Waals surface area contributed by atoms with E-state index in [2.05, 4.69) is 5.32 Å². The monoisotopic (exact) mass is 377 g/mol. The molecule has 0 radical (unpaired) electrons. The van der Waals surface area contributed by atoms with Crippen molar-refractivity contribution in [3.8, 4) is 16.9 Å². The van der Waals surface area contributed by atoms with Crippen molar-refractivity contribution >= 4 is 32.3 Å². The van der Waals surface area contributed by atoms with Gasteiger partial charge in [-0.1, -0.05) is 24.3 Å². The van der Waals surface area contributed by atoms with E-state index in [1.54, 1.807) is 49.6 Å². The third-order valence-corrected chi connectivity index (χ3v) is 5.23. The maximum Gasteiger partial charge on any atom is 0.291 e. The molecule has 5 nitrogen and oxygen atoms in total. The molecule has 4 rings (SSSR count). The van der Waals surface area contributed by atoms with Crippen molar-refractivity contribution in [3.05, 3.63) is 82.9 Å². The normalized spacial score (nSPS) is 10.7. The van der Waals surface area contributed by atoms with E-state index in [1.165, 1.54) is 17.6 Å². The van der Waals surface area contributed by atoms with Crippen LogP contribution in [-0.4, -0.2) is 13.0 Å². The number of hydrogen-bond donors (Lipinski definition) is 1. The second-order valence-electron chi connectivity index (χ2n) is 5.79. The molecule has 0 spiro atoms. The largest absolute Gasteiger partial charge is 0.497 e. The summed E-state index contributed by atoms with van der Waals surface area (Å²) in [7, 11) is 1.58. The molecule has 2 aromatic heterocycles. The van der Waals surface area contributed by atoms with E-state index in [4.69, 9.17) is 9.15 Å². The maximum absolute atomic E-state index is 13.2. The molecule has 0 atom stereocenters. The number of methoxy groups -OCH3 is 1. The second-order valence-corrected chi connectivity index (χ2v) is 6.84. The number of rotatable bonds is 4. The number of amides is 1. The molecule has 0 fully saturated rings. The number of nitrogens with one attached hydrogen (secondary N) is 1. The zero-order valence-corrected chi connectivity index (χ0v) is 15.2. The van der Waals surface area contributed by atoms with Crippen molar-refractivity contribution in [2.24, 2.45) is 0 Å². The van der Waals surface area contributed by atoms with Crippen molar-refractivity contribution in [2.75, 3.05) is 12.4 Å². The Bertz CT molecular complexity index is 1160. The van der Waals surface area contributed by atoms with E-state index in [0.717, 1.165) is 4.70 Å². The molecular weight excluding hydrogens is 362 g/mol. The molecule has 0 aliphatic heterocycles. The molecule has 134 valence electrons. The molecule has 2 aromatic carbocycles. The van der Waals surface area contributed by atoms with Crippen LogP contribution in [0.1, 0.15) is 10.6 Å². The first-order chi connectivity index (χ1) is 13.2. The van der Waals surface area contributed by atoms with Crippen molar-refractivity contribution in [1.82, 2.24) is 0 Å². The summed E-state index contributed by atoms with van der Waals surface area (Å²) in [6.45, 7) is 0.